The van der Waals surface area contributed by atoms with Crippen LogP contribution in [0.2, 0.25) is 0 Å². The van der Waals surface area contributed by atoms with Gasteiger partial charge in [0.05, 0.1) is 11.7 Å². The van der Waals surface area contributed by atoms with Crippen molar-refractivity contribution >= 4 is 23.2 Å². The molecule has 1 heterocycles. The van der Waals surface area contributed by atoms with Crippen molar-refractivity contribution in [2.75, 3.05) is 10.6 Å². The molecule has 4 N–H and O–H groups in total. The molecule has 0 bridgehead atoms. The Kier molecular flexibility index (Phi) is 3.29. The molecule has 0 saturated heterocycles. The van der Waals surface area contributed by atoms with Crippen molar-refractivity contribution in [1.82, 2.24) is 0 Å². The highest BCUT2D eigenvalue weighted by atomic mass is 19.1. The number of hydrogen-bond acceptors (Lipinski definition) is 3. The number of anilines is 2. The van der Waals surface area contributed by atoms with Crippen LogP contribution in [0.4, 0.5) is 15.8 Å². The van der Waals surface area contributed by atoms with E-state index >= 15 is 0 Å². The van der Waals surface area contributed by atoms with E-state index in [0.29, 0.717) is 18.5 Å². The minimum absolute atomic E-state index is 0.0262. The predicted octanol–water partition coefficient (Wildman–Crippen LogP) is 0.996. The fourth-order valence-corrected chi connectivity index (χ4v) is 1.74. The summed E-state index contributed by atoms with van der Waals surface area (Å²) in [6, 6.07) is 2.02. The zero-order chi connectivity index (χ0) is 13.3. The lowest BCUT2D eigenvalue weighted by Gasteiger charge is -2.18. The fraction of sp³-hybridized carbons (Fsp3) is 0.333. The highest BCUT2D eigenvalue weighted by molar-refractivity contribution is 5.97. The van der Waals surface area contributed by atoms with Crippen molar-refractivity contribution < 1.29 is 14.0 Å². The molecule has 2 amide bonds. The van der Waals surface area contributed by atoms with E-state index in [-0.39, 0.29) is 11.6 Å². The van der Waals surface area contributed by atoms with Gasteiger partial charge in [0.1, 0.15) is 5.82 Å². The van der Waals surface area contributed by atoms with Crippen molar-refractivity contribution in [3.63, 3.8) is 0 Å². The van der Waals surface area contributed by atoms with Crippen molar-refractivity contribution in [1.29, 1.82) is 0 Å². The SMILES string of the molecule is C[C@H](N)C(=O)Nc1cc2c(cc1F)CCC(=O)N2. The van der Waals surface area contributed by atoms with Crippen LogP contribution in [0.15, 0.2) is 12.1 Å². The zero-order valence-electron chi connectivity index (χ0n) is 9.92. The summed E-state index contributed by atoms with van der Waals surface area (Å²) in [5.74, 6) is -1.12. The number of hydrogen-bond donors (Lipinski definition) is 3. The average molecular weight is 251 g/mol. The Bertz CT molecular complexity index is 514. The number of benzene rings is 1. The van der Waals surface area contributed by atoms with Gasteiger partial charge in [0, 0.05) is 12.1 Å². The van der Waals surface area contributed by atoms with Crippen LogP contribution >= 0.6 is 0 Å². The largest absolute Gasteiger partial charge is 0.326 e. The number of carbonyl (C=O) groups is 2. The van der Waals surface area contributed by atoms with Gasteiger partial charge in [0.25, 0.3) is 0 Å². The highest BCUT2D eigenvalue weighted by Crippen LogP contribution is 2.28. The number of halogens is 1. The smallest absolute Gasteiger partial charge is 0.241 e. The predicted molar refractivity (Wildman–Crippen MR) is 65.6 cm³/mol. The lowest BCUT2D eigenvalue weighted by atomic mass is 10.0. The summed E-state index contributed by atoms with van der Waals surface area (Å²) < 4.78 is 13.7. The Balaban J connectivity index is 2.29. The number of carbonyl (C=O) groups excluding carboxylic acids is 2. The van der Waals surface area contributed by atoms with Crippen LogP contribution in [0, 0.1) is 5.82 Å². The van der Waals surface area contributed by atoms with Crippen molar-refractivity contribution in [3.8, 4) is 0 Å². The molecule has 6 heteroatoms. The van der Waals surface area contributed by atoms with E-state index in [4.69, 9.17) is 5.73 Å². The first-order valence-corrected chi connectivity index (χ1v) is 5.66. The summed E-state index contributed by atoms with van der Waals surface area (Å²) in [4.78, 5) is 22.6. The molecule has 0 aliphatic carbocycles. The molecule has 0 fully saturated rings. The number of fused-ring (bicyclic) bond motifs is 1. The molecule has 2 rings (SSSR count). The third-order valence-electron chi connectivity index (χ3n) is 2.76. The first-order chi connectivity index (χ1) is 8.47. The van der Waals surface area contributed by atoms with Gasteiger partial charge in [-0.3, -0.25) is 9.59 Å². The Morgan fingerprint density at radius 1 is 1.50 bits per heavy atom. The maximum Gasteiger partial charge on any atom is 0.241 e. The molecular weight excluding hydrogens is 237 g/mol. The standard InChI is InChI=1S/C12H14FN3O2/c1-6(14)12(18)16-10-5-9-7(4-8(10)13)2-3-11(17)15-9/h4-6H,2-3,14H2,1H3,(H,15,17)(H,16,18)/t6-/m0/s1. The maximum atomic E-state index is 13.7. The fourth-order valence-electron chi connectivity index (χ4n) is 1.74. The maximum absolute atomic E-state index is 13.7. The van der Waals surface area contributed by atoms with Crippen molar-refractivity contribution in [2.24, 2.45) is 5.73 Å². The van der Waals surface area contributed by atoms with Gasteiger partial charge in [-0.1, -0.05) is 0 Å². The molecule has 5 nitrogen and oxygen atoms in total. The Morgan fingerprint density at radius 2 is 2.22 bits per heavy atom. The second kappa shape index (κ2) is 4.73. The minimum atomic E-state index is -0.727. The van der Waals surface area contributed by atoms with E-state index in [2.05, 4.69) is 10.6 Å². The Hall–Kier alpha value is -1.95. The molecular formula is C12H14FN3O2. The minimum Gasteiger partial charge on any atom is -0.326 e. The van der Waals surface area contributed by atoms with Gasteiger partial charge in [0.2, 0.25) is 11.8 Å². The number of nitrogens with two attached hydrogens (primary N) is 1. The van der Waals surface area contributed by atoms with Crippen LogP contribution < -0.4 is 16.4 Å². The molecule has 0 radical (unpaired) electrons. The van der Waals surface area contributed by atoms with Gasteiger partial charge in [-0.15, -0.1) is 0 Å². The first-order valence-electron chi connectivity index (χ1n) is 5.66. The van der Waals surface area contributed by atoms with Gasteiger partial charge in [-0.25, -0.2) is 4.39 Å². The van der Waals surface area contributed by atoms with Gasteiger partial charge in [0.15, 0.2) is 0 Å². The molecule has 0 saturated carbocycles. The van der Waals surface area contributed by atoms with Crippen LogP contribution in [0.1, 0.15) is 18.9 Å². The molecule has 1 atom stereocenters. The van der Waals surface area contributed by atoms with Crippen molar-refractivity contribution in [2.45, 2.75) is 25.8 Å². The van der Waals surface area contributed by atoms with Crippen LogP contribution in [0.5, 0.6) is 0 Å². The summed E-state index contributed by atoms with van der Waals surface area (Å²) in [6.45, 7) is 1.51. The van der Waals surface area contributed by atoms with Crippen LogP contribution in [0.25, 0.3) is 0 Å². The summed E-state index contributed by atoms with van der Waals surface area (Å²) in [5, 5.41) is 5.03. The number of amides is 2. The zero-order valence-corrected chi connectivity index (χ0v) is 9.92. The molecule has 1 aliphatic rings. The highest BCUT2D eigenvalue weighted by Gasteiger charge is 2.19. The molecule has 0 unspecified atom stereocenters. The van der Waals surface area contributed by atoms with E-state index < -0.39 is 17.8 Å². The van der Waals surface area contributed by atoms with Crippen LogP contribution in [-0.4, -0.2) is 17.9 Å². The Morgan fingerprint density at radius 3 is 2.89 bits per heavy atom. The first kappa shape index (κ1) is 12.5. The molecule has 18 heavy (non-hydrogen) atoms. The molecule has 1 aliphatic heterocycles. The van der Waals surface area contributed by atoms with Gasteiger partial charge in [-0.05, 0) is 31.0 Å². The number of aryl methyl sites for hydroxylation is 1. The van der Waals surface area contributed by atoms with E-state index in [1.807, 2.05) is 0 Å². The summed E-state index contributed by atoms with van der Waals surface area (Å²) in [5.41, 5.74) is 6.68. The molecule has 0 spiro atoms. The van der Waals surface area contributed by atoms with Crippen LogP contribution in [-0.2, 0) is 16.0 Å². The third-order valence-corrected chi connectivity index (χ3v) is 2.76. The van der Waals surface area contributed by atoms with Gasteiger partial charge >= 0.3 is 0 Å². The van der Waals surface area contributed by atoms with Gasteiger partial charge < -0.3 is 16.4 Å². The second-order valence-electron chi connectivity index (χ2n) is 4.32. The second-order valence-corrected chi connectivity index (χ2v) is 4.32. The normalized spacial score (nSPS) is 15.6. The van der Waals surface area contributed by atoms with Gasteiger partial charge in [-0.2, -0.15) is 0 Å². The van der Waals surface area contributed by atoms with E-state index in [1.165, 1.54) is 19.1 Å². The quantitative estimate of drug-likeness (QED) is 0.733. The molecule has 1 aromatic rings. The average Bonchev–Trinajstić information content (AvgIpc) is 2.30. The van der Waals surface area contributed by atoms with Crippen LogP contribution in [0.3, 0.4) is 0 Å². The Labute approximate surface area is 104 Å². The lowest BCUT2D eigenvalue weighted by Crippen LogP contribution is -2.33. The summed E-state index contributed by atoms with van der Waals surface area (Å²) in [7, 11) is 0. The number of nitrogens with one attached hydrogen (secondary N) is 2. The van der Waals surface area contributed by atoms with Crippen molar-refractivity contribution in [3.05, 3.63) is 23.5 Å². The molecule has 0 aromatic heterocycles. The topological polar surface area (TPSA) is 84.2 Å². The monoisotopic (exact) mass is 251 g/mol. The molecule has 1 aromatic carbocycles. The van der Waals surface area contributed by atoms with E-state index in [9.17, 15) is 14.0 Å². The van der Waals surface area contributed by atoms with E-state index in [1.54, 1.807) is 0 Å². The molecule has 96 valence electrons. The number of rotatable bonds is 2. The lowest BCUT2D eigenvalue weighted by molar-refractivity contribution is -0.117. The summed E-state index contributed by atoms with van der Waals surface area (Å²) >= 11 is 0. The van der Waals surface area contributed by atoms with E-state index in [0.717, 1.165) is 5.56 Å². The summed E-state index contributed by atoms with van der Waals surface area (Å²) in [6.07, 6.45) is 0.845. The third kappa shape index (κ3) is 2.48.